The number of ether oxygens (including phenoxy) is 1. The summed E-state index contributed by atoms with van der Waals surface area (Å²) in [5, 5.41) is 4.72. The first-order valence-electron chi connectivity index (χ1n) is 5.58. The van der Waals surface area contributed by atoms with Crippen molar-refractivity contribution in [2.45, 2.75) is 26.3 Å². The fourth-order valence-electron chi connectivity index (χ4n) is 1.44. The highest BCUT2D eigenvalue weighted by atomic mass is 32.1. The molecule has 1 atom stereocenters. The van der Waals surface area contributed by atoms with Crippen LogP contribution in [0, 0.1) is 0 Å². The van der Waals surface area contributed by atoms with Gasteiger partial charge in [-0.25, -0.2) is 0 Å². The Morgan fingerprint density at radius 2 is 2.22 bits per heavy atom. The zero-order valence-corrected chi connectivity index (χ0v) is 11.5. The van der Waals surface area contributed by atoms with Crippen molar-refractivity contribution < 1.29 is 14.3 Å². The number of amides is 1. The average Bonchev–Trinajstić information content (AvgIpc) is 2.80. The number of nitrogens with one attached hydrogen (secondary N) is 1. The van der Waals surface area contributed by atoms with E-state index in [-0.39, 0.29) is 24.3 Å². The van der Waals surface area contributed by atoms with Crippen molar-refractivity contribution in [3.63, 3.8) is 0 Å². The third-order valence-electron chi connectivity index (χ3n) is 2.22. The SMILES string of the molecule is COC(=O)C[C@@H](NC(=O)C=C(C)C)c1cccs1. The molecular formula is C13H17NO3S. The predicted octanol–water partition coefficient (Wildman–Crippen LogP) is 2.43. The number of carbonyl (C=O) groups excluding carboxylic acids is 2. The van der Waals surface area contributed by atoms with Crippen molar-refractivity contribution in [1.82, 2.24) is 5.32 Å². The number of methoxy groups -OCH3 is 1. The molecule has 0 unspecified atom stereocenters. The van der Waals surface area contributed by atoms with Crippen molar-refractivity contribution in [2.24, 2.45) is 0 Å². The van der Waals surface area contributed by atoms with E-state index >= 15 is 0 Å². The van der Waals surface area contributed by atoms with Gasteiger partial charge in [0.15, 0.2) is 0 Å². The van der Waals surface area contributed by atoms with Crippen molar-refractivity contribution in [1.29, 1.82) is 0 Å². The lowest BCUT2D eigenvalue weighted by Gasteiger charge is -2.15. The van der Waals surface area contributed by atoms with E-state index in [1.54, 1.807) is 0 Å². The standard InChI is InChI=1S/C13H17NO3S/c1-9(2)7-12(15)14-10(8-13(16)17-3)11-5-4-6-18-11/h4-7,10H,8H2,1-3H3,(H,14,15)/t10-/m1/s1. The molecule has 0 spiro atoms. The molecule has 1 heterocycles. The van der Waals surface area contributed by atoms with Gasteiger partial charge in [-0.3, -0.25) is 9.59 Å². The van der Waals surface area contributed by atoms with Crippen molar-refractivity contribution >= 4 is 23.2 Å². The van der Waals surface area contributed by atoms with Crippen LogP contribution < -0.4 is 5.32 Å². The fourth-order valence-corrected chi connectivity index (χ4v) is 2.22. The van der Waals surface area contributed by atoms with Gasteiger partial charge in [0.2, 0.25) is 5.91 Å². The minimum atomic E-state index is -0.342. The number of hydrogen-bond donors (Lipinski definition) is 1. The second-order valence-electron chi connectivity index (χ2n) is 4.08. The van der Waals surface area contributed by atoms with Gasteiger partial charge in [-0.1, -0.05) is 11.6 Å². The van der Waals surface area contributed by atoms with Gasteiger partial charge in [0, 0.05) is 11.0 Å². The molecule has 0 aliphatic heterocycles. The third kappa shape index (κ3) is 4.71. The first kappa shape index (κ1) is 14.4. The van der Waals surface area contributed by atoms with Gasteiger partial charge in [-0.05, 0) is 25.3 Å². The zero-order chi connectivity index (χ0) is 13.5. The van der Waals surface area contributed by atoms with Crippen LogP contribution in [-0.4, -0.2) is 19.0 Å². The van der Waals surface area contributed by atoms with Crippen LogP contribution in [0.2, 0.25) is 0 Å². The highest BCUT2D eigenvalue weighted by Crippen LogP contribution is 2.22. The first-order valence-corrected chi connectivity index (χ1v) is 6.46. The topological polar surface area (TPSA) is 55.4 Å². The predicted molar refractivity (Wildman–Crippen MR) is 71.3 cm³/mol. The Hall–Kier alpha value is -1.62. The Balaban J connectivity index is 2.76. The second kappa shape index (κ2) is 6.96. The minimum absolute atomic E-state index is 0.138. The molecule has 0 fully saturated rings. The van der Waals surface area contributed by atoms with E-state index in [1.807, 2.05) is 31.4 Å². The number of hydrogen-bond acceptors (Lipinski definition) is 4. The molecule has 0 aromatic carbocycles. The lowest BCUT2D eigenvalue weighted by atomic mass is 10.1. The van der Waals surface area contributed by atoms with Crippen molar-refractivity contribution in [2.75, 3.05) is 7.11 Å². The molecule has 0 aliphatic carbocycles. The van der Waals surface area contributed by atoms with E-state index in [0.717, 1.165) is 10.5 Å². The summed E-state index contributed by atoms with van der Waals surface area (Å²) >= 11 is 1.50. The summed E-state index contributed by atoms with van der Waals surface area (Å²) in [5.41, 5.74) is 0.912. The highest BCUT2D eigenvalue weighted by Gasteiger charge is 2.18. The summed E-state index contributed by atoms with van der Waals surface area (Å²) in [6.45, 7) is 3.69. The van der Waals surface area contributed by atoms with Gasteiger partial charge in [-0.2, -0.15) is 0 Å². The molecule has 0 bridgehead atoms. The molecule has 1 amide bonds. The average molecular weight is 267 g/mol. The van der Waals surface area contributed by atoms with Crippen LogP contribution in [0.1, 0.15) is 31.2 Å². The minimum Gasteiger partial charge on any atom is -0.469 e. The largest absolute Gasteiger partial charge is 0.469 e. The lowest BCUT2D eigenvalue weighted by Crippen LogP contribution is -2.28. The van der Waals surface area contributed by atoms with Gasteiger partial charge >= 0.3 is 5.97 Å². The molecule has 98 valence electrons. The fraction of sp³-hybridized carbons (Fsp3) is 0.385. The Morgan fingerprint density at radius 1 is 1.50 bits per heavy atom. The van der Waals surface area contributed by atoms with Crippen LogP contribution >= 0.6 is 11.3 Å². The number of carbonyl (C=O) groups is 2. The van der Waals surface area contributed by atoms with Gasteiger partial charge in [0.1, 0.15) is 0 Å². The summed E-state index contributed by atoms with van der Waals surface area (Å²) in [7, 11) is 1.34. The first-order chi connectivity index (χ1) is 8.52. The van der Waals surface area contributed by atoms with E-state index in [9.17, 15) is 9.59 Å². The molecule has 1 N–H and O–H groups in total. The molecule has 1 aromatic heterocycles. The number of esters is 1. The number of thiophene rings is 1. The highest BCUT2D eigenvalue weighted by molar-refractivity contribution is 7.10. The molecule has 5 heteroatoms. The van der Waals surface area contributed by atoms with Crippen molar-refractivity contribution in [3.8, 4) is 0 Å². The van der Waals surface area contributed by atoms with E-state index in [2.05, 4.69) is 10.1 Å². The van der Waals surface area contributed by atoms with Crippen LogP contribution in [0.25, 0.3) is 0 Å². The summed E-state index contributed by atoms with van der Waals surface area (Å²) in [4.78, 5) is 24.0. The number of allylic oxidation sites excluding steroid dienone is 1. The number of rotatable bonds is 5. The molecular weight excluding hydrogens is 250 g/mol. The lowest BCUT2D eigenvalue weighted by molar-refractivity contribution is -0.141. The summed E-state index contributed by atoms with van der Waals surface area (Å²) in [6, 6.07) is 3.44. The monoisotopic (exact) mass is 267 g/mol. The van der Waals surface area contributed by atoms with E-state index < -0.39 is 0 Å². The van der Waals surface area contributed by atoms with Gasteiger partial charge in [-0.15, -0.1) is 11.3 Å². The maximum atomic E-state index is 11.7. The van der Waals surface area contributed by atoms with Crippen LogP contribution in [0.3, 0.4) is 0 Å². The Labute approximate surface area is 111 Å². The van der Waals surface area contributed by atoms with Crippen molar-refractivity contribution in [3.05, 3.63) is 34.0 Å². The maximum absolute atomic E-state index is 11.7. The van der Waals surface area contributed by atoms with Crippen LogP contribution in [-0.2, 0) is 14.3 Å². The smallest absolute Gasteiger partial charge is 0.307 e. The Morgan fingerprint density at radius 3 is 2.72 bits per heavy atom. The Bertz CT molecular complexity index is 433. The van der Waals surface area contributed by atoms with E-state index in [1.165, 1.54) is 24.5 Å². The molecule has 1 rings (SSSR count). The van der Waals surface area contributed by atoms with Gasteiger partial charge in [0.05, 0.1) is 19.6 Å². The van der Waals surface area contributed by atoms with Gasteiger partial charge in [0.25, 0.3) is 0 Å². The molecule has 18 heavy (non-hydrogen) atoms. The molecule has 0 saturated carbocycles. The quantitative estimate of drug-likeness (QED) is 0.658. The summed E-state index contributed by atoms with van der Waals surface area (Å²) in [5.74, 6) is -0.539. The third-order valence-corrected chi connectivity index (χ3v) is 3.21. The molecule has 4 nitrogen and oxygen atoms in total. The van der Waals surface area contributed by atoms with E-state index in [0.29, 0.717) is 0 Å². The molecule has 0 radical (unpaired) electrons. The molecule has 0 aliphatic rings. The van der Waals surface area contributed by atoms with E-state index in [4.69, 9.17) is 0 Å². The van der Waals surface area contributed by atoms with Gasteiger partial charge < -0.3 is 10.1 Å². The normalized spacial score (nSPS) is 11.5. The Kier molecular flexibility index (Phi) is 5.58. The van der Waals surface area contributed by atoms with Crippen LogP contribution in [0.15, 0.2) is 29.2 Å². The maximum Gasteiger partial charge on any atom is 0.307 e. The van der Waals surface area contributed by atoms with Crippen LogP contribution in [0.4, 0.5) is 0 Å². The van der Waals surface area contributed by atoms with Crippen LogP contribution in [0.5, 0.6) is 0 Å². The zero-order valence-electron chi connectivity index (χ0n) is 10.7. The molecule has 1 aromatic rings. The summed E-state index contributed by atoms with van der Waals surface area (Å²) < 4.78 is 4.64. The molecule has 0 saturated heterocycles. The summed E-state index contributed by atoms with van der Waals surface area (Å²) in [6.07, 6.45) is 1.65. The second-order valence-corrected chi connectivity index (χ2v) is 5.06.